The van der Waals surface area contributed by atoms with Crippen molar-refractivity contribution < 1.29 is 13.2 Å². The van der Waals surface area contributed by atoms with Crippen molar-refractivity contribution in [3.05, 3.63) is 18.2 Å². The van der Waals surface area contributed by atoms with E-state index in [0.717, 1.165) is 4.90 Å². The van der Waals surface area contributed by atoms with E-state index in [-0.39, 0.29) is 10.8 Å². The average Bonchev–Trinajstić information content (AvgIpc) is 2.22. The number of carbonyl (C=O) groups excluding carboxylic acids is 1. The molecule has 0 bridgehead atoms. The van der Waals surface area contributed by atoms with Gasteiger partial charge in [0.25, 0.3) is 9.05 Å². The Balaban J connectivity index is 2.53. The first kappa shape index (κ1) is 11.8. The number of amides is 1. The highest BCUT2D eigenvalue weighted by atomic mass is 35.7. The number of hydrogen-bond acceptors (Lipinski definition) is 4. The van der Waals surface area contributed by atoms with Crippen LogP contribution < -0.4 is 4.90 Å². The van der Waals surface area contributed by atoms with Crippen molar-refractivity contribution in [2.75, 3.05) is 17.7 Å². The van der Waals surface area contributed by atoms with E-state index in [2.05, 4.69) is 0 Å². The van der Waals surface area contributed by atoms with E-state index in [1.807, 2.05) is 0 Å². The maximum Gasteiger partial charge on any atom is 0.261 e. The summed E-state index contributed by atoms with van der Waals surface area (Å²) < 4.78 is 22.3. The van der Waals surface area contributed by atoms with Gasteiger partial charge in [-0.15, -0.1) is 11.8 Å². The summed E-state index contributed by atoms with van der Waals surface area (Å²) in [4.78, 5) is 13.7. The number of anilines is 1. The van der Waals surface area contributed by atoms with Crippen LogP contribution in [0.25, 0.3) is 0 Å². The smallest absolute Gasteiger partial charge is 0.261 e. The molecule has 0 saturated heterocycles. The maximum absolute atomic E-state index is 11.4. The third-order valence-corrected chi connectivity index (χ3v) is 4.68. The van der Waals surface area contributed by atoms with Gasteiger partial charge in [0.05, 0.1) is 16.3 Å². The molecule has 0 fully saturated rings. The molecule has 0 N–H and O–H groups in total. The first-order valence-corrected chi connectivity index (χ1v) is 7.67. The van der Waals surface area contributed by atoms with Crippen LogP contribution in [0, 0.1) is 0 Å². The Morgan fingerprint density at radius 3 is 2.75 bits per heavy atom. The van der Waals surface area contributed by atoms with Gasteiger partial charge in [0, 0.05) is 22.6 Å². The lowest BCUT2D eigenvalue weighted by Crippen LogP contribution is -2.31. The molecular weight excluding hydrogens is 270 g/mol. The van der Waals surface area contributed by atoms with Crippen LogP contribution >= 0.6 is 22.4 Å². The fraction of sp³-hybridized carbons (Fsp3) is 0.222. The Bertz CT molecular complexity index is 556. The normalized spacial score (nSPS) is 16.1. The van der Waals surface area contributed by atoms with E-state index in [1.54, 1.807) is 13.1 Å². The minimum Gasteiger partial charge on any atom is -0.314 e. The Labute approximate surface area is 102 Å². The first-order chi connectivity index (χ1) is 7.39. The summed E-state index contributed by atoms with van der Waals surface area (Å²) >= 11 is 1.32. The fourth-order valence-electron chi connectivity index (χ4n) is 1.41. The van der Waals surface area contributed by atoms with E-state index < -0.39 is 9.05 Å². The Morgan fingerprint density at radius 2 is 2.12 bits per heavy atom. The van der Waals surface area contributed by atoms with Crippen molar-refractivity contribution in [2.24, 2.45) is 0 Å². The van der Waals surface area contributed by atoms with Crippen molar-refractivity contribution in [3.63, 3.8) is 0 Å². The minimum absolute atomic E-state index is 0.000944. The standard InChI is InChI=1S/C9H8ClNO3S2/c1-11-7-3-2-6(16(10,13)14)4-8(7)15-5-9(11)12/h2-4H,5H2,1H3. The van der Waals surface area contributed by atoms with Gasteiger partial charge in [-0.25, -0.2) is 8.42 Å². The van der Waals surface area contributed by atoms with Crippen LogP contribution in [0.1, 0.15) is 0 Å². The van der Waals surface area contributed by atoms with Gasteiger partial charge < -0.3 is 4.90 Å². The molecule has 1 amide bonds. The van der Waals surface area contributed by atoms with Crippen LogP contribution in [0.2, 0.25) is 0 Å². The van der Waals surface area contributed by atoms with Crippen LogP contribution in [-0.4, -0.2) is 27.1 Å². The Hall–Kier alpha value is -0.720. The molecule has 1 aliphatic heterocycles. The van der Waals surface area contributed by atoms with E-state index >= 15 is 0 Å². The van der Waals surface area contributed by atoms with Crippen LogP contribution in [0.3, 0.4) is 0 Å². The molecule has 1 aromatic rings. The Morgan fingerprint density at radius 1 is 1.44 bits per heavy atom. The highest BCUT2D eigenvalue weighted by Crippen LogP contribution is 2.36. The number of benzene rings is 1. The third-order valence-electron chi connectivity index (χ3n) is 2.30. The fourth-order valence-corrected chi connectivity index (χ4v) is 3.30. The van der Waals surface area contributed by atoms with Gasteiger partial charge in [0.15, 0.2) is 0 Å². The molecule has 0 aromatic heterocycles. The minimum atomic E-state index is -3.71. The van der Waals surface area contributed by atoms with Crippen molar-refractivity contribution >= 4 is 43.1 Å². The second kappa shape index (κ2) is 3.94. The van der Waals surface area contributed by atoms with Gasteiger partial charge in [-0.3, -0.25) is 4.79 Å². The predicted octanol–water partition coefficient (Wildman–Crippen LogP) is 1.68. The molecule has 4 nitrogen and oxygen atoms in total. The molecule has 1 aromatic carbocycles. The van der Waals surface area contributed by atoms with Crippen molar-refractivity contribution in [1.29, 1.82) is 0 Å². The summed E-state index contributed by atoms with van der Waals surface area (Å²) in [6.07, 6.45) is 0. The molecular formula is C9H8ClNO3S2. The largest absolute Gasteiger partial charge is 0.314 e. The summed E-state index contributed by atoms with van der Waals surface area (Å²) in [5.41, 5.74) is 0.713. The van der Waals surface area contributed by atoms with E-state index in [1.165, 1.54) is 28.8 Å². The number of fused-ring (bicyclic) bond motifs is 1. The number of thioether (sulfide) groups is 1. The second-order valence-electron chi connectivity index (χ2n) is 3.31. The molecule has 0 unspecified atom stereocenters. The molecule has 1 aliphatic rings. The quantitative estimate of drug-likeness (QED) is 0.733. The second-order valence-corrected chi connectivity index (χ2v) is 6.89. The predicted molar refractivity (Wildman–Crippen MR) is 63.6 cm³/mol. The van der Waals surface area contributed by atoms with Gasteiger partial charge in [-0.2, -0.15) is 0 Å². The molecule has 0 saturated carbocycles. The lowest BCUT2D eigenvalue weighted by atomic mass is 10.3. The number of hydrogen-bond donors (Lipinski definition) is 0. The molecule has 86 valence electrons. The summed E-state index contributed by atoms with van der Waals surface area (Å²) in [6, 6.07) is 4.48. The van der Waals surface area contributed by atoms with E-state index in [4.69, 9.17) is 10.7 Å². The molecule has 1 heterocycles. The van der Waals surface area contributed by atoms with Crippen LogP contribution in [0.15, 0.2) is 28.0 Å². The zero-order valence-corrected chi connectivity index (χ0v) is 10.7. The lowest BCUT2D eigenvalue weighted by Gasteiger charge is -2.25. The van der Waals surface area contributed by atoms with E-state index in [9.17, 15) is 13.2 Å². The summed E-state index contributed by atoms with van der Waals surface area (Å²) in [5, 5.41) is 0. The summed E-state index contributed by atoms with van der Waals surface area (Å²) in [6.45, 7) is 0. The maximum atomic E-state index is 11.4. The number of rotatable bonds is 1. The van der Waals surface area contributed by atoms with Gasteiger partial charge in [-0.1, -0.05) is 0 Å². The zero-order valence-electron chi connectivity index (χ0n) is 8.31. The molecule has 0 aliphatic carbocycles. The van der Waals surface area contributed by atoms with Gasteiger partial charge in [-0.05, 0) is 18.2 Å². The molecule has 16 heavy (non-hydrogen) atoms. The zero-order chi connectivity index (χ0) is 11.9. The molecule has 0 radical (unpaired) electrons. The van der Waals surface area contributed by atoms with Crippen LogP contribution in [0.4, 0.5) is 5.69 Å². The third kappa shape index (κ3) is 2.05. The topological polar surface area (TPSA) is 54.5 Å². The Kier molecular flexibility index (Phi) is 2.90. The number of halogens is 1. The van der Waals surface area contributed by atoms with Crippen LogP contribution in [0.5, 0.6) is 0 Å². The highest BCUT2D eigenvalue weighted by Gasteiger charge is 2.23. The van der Waals surface area contributed by atoms with Crippen LogP contribution in [-0.2, 0) is 13.8 Å². The highest BCUT2D eigenvalue weighted by molar-refractivity contribution is 8.13. The van der Waals surface area contributed by atoms with Gasteiger partial charge in [0.1, 0.15) is 0 Å². The first-order valence-electron chi connectivity index (χ1n) is 4.37. The molecule has 7 heteroatoms. The van der Waals surface area contributed by atoms with Crippen molar-refractivity contribution in [3.8, 4) is 0 Å². The number of nitrogens with zero attached hydrogens (tertiary/aromatic N) is 1. The van der Waals surface area contributed by atoms with Gasteiger partial charge >= 0.3 is 0 Å². The molecule has 0 atom stereocenters. The lowest BCUT2D eigenvalue weighted by molar-refractivity contribution is -0.116. The SMILES string of the molecule is CN1C(=O)CSc2cc(S(=O)(=O)Cl)ccc21. The molecule has 2 rings (SSSR count). The monoisotopic (exact) mass is 277 g/mol. The average molecular weight is 278 g/mol. The summed E-state index contributed by atoms with van der Waals surface area (Å²) in [5.74, 6) is 0.314. The number of carbonyl (C=O) groups is 1. The molecule has 0 spiro atoms. The summed E-state index contributed by atoms with van der Waals surface area (Å²) in [7, 11) is 3.20. The van der Waals surface area contributed by atoms with E-state index in [0.29, 0.717) is 11.4 Å². The van der Waals surface area contributed by atoms with Crippen molar-refractivity contribution in [1.82, 2.24) is 0 Å². The van der Waals surface area contributed by atoms with Gasteiger partial charge in [0.2, 0.25) is 5.91 Å². The van der Waals surface area contributed by atoms with Crippen molar-refractivity contribution in [2.45, 2.75) is 9.79 Å².